The molecule has 1 N–H and O–H groups in total. The van der Waals surface area contributed by atoms with Gasteiger partial charge in [-0.3, -0.25) is 4.79 Å². The van der Waals surface area contributed by atoms with Gasteiger partial charge in [0, 0.05) is 19.5 Å². The van der Waals surface area contributed by atoms with Gasteiger partial charge < -0.3 is 10.2 Å². The summed E-state index contributed by atoms with van der Waals surface area (Å²) in [5.41, 5.74) is 0.943. The highest BCUT2D eigenvalue weighted by Gasteiger charge is 2.25. The standard InChI is InChI=1S/C15H20Cl2N2O/c1-18-9-11-7-8-19(10-11)14(20)6-5-12-3-2-4-13(16)15(12)17/h2-4,11,18H,5-10H2,1H3/t11-/m0/s1. The Bertz CT molecular complexity index is 479. The van der Waals surface area contributed by atoms with Crippen LogP contribution in [0.25, 0.3) is 0 Å². The summed E-state index contributed by atoms with van der Waals surface area (Å²) in [7, 11) is 1.95. The molecule has 0 bridgehead atoms. The first-order valence-electron chi connectivity index (χ1n) is 6.97. The molecule has 1 fully saturated rings. The zero-order valence-electron chi connectivity index (χ0n) is 11.7. The Morgan fingerprint density at radius 1 is 1.45 bits per heavy atom. The summed E-state index contributed by atoms with van der Waals surface area (Å²) in [6, 6.07) is 5.56. The molecule has 1 amide bonds. The van der Waals surface area contributed by atoms with Gasteiger partial charge in [0.1, 0.15) is 0 Å². The fourth-order valence-corrected chi connectivity index (χ4v) is 3.07. The number of carbonyl (C=O) groups excluding carboxylic acids is 1. The fraction of sp³-hybridized carbons (Fsp3) is 0.533. The third kappa shape index (κ3) is 3.87. The van der Waals surface area contributed by atoms with Crippen molar-refractivity contribution in [3.05, 3.63) is 33.8 Å². The predicted octanol–water partition coefficient (Wildman–Crippen LogP) is 2.99. The van der Waals surface area contributed by atoms with Gasteiger partial charge in [-0.25, -0.2) is 0 Å². The summed E-state index contributed by atoms with van der Waals surface area (Å²) in [5.74, 6) is 0.790. The summed E-state index contributed by atoms with van der Waals surface area (Å²) >= 11 is 12.1. The van der Waals surface area contributed by atoms with Crippen LogP contribution in [-0.2, 0) is 11.2 Å². The Balaban J connectivity index is 1.85. The molecule has 1 aromatic rings. The van der Waals surface area contributed by atoms with E-state index in [1.54, 1.807) is 6.07 Å². The molecule has 0 aromatic heterocycles. The minimum absolute atomic E-state index is 0.208. The molecule has 1 saturated heterocycles. The van der Waals surface area contributed by atoms with Crippen LogP contribution < -0.4 is 5.32 Å². The first-order chi connectivity index (χ1) is 9.61. The van der Waals surface area contributed by atoms with Gasteiger partial charge >= 0.3 is 0 Å². The van der Waals surface area contributed by atoms with Crippen LogP contribution in [0.3, 0.4) is 0 Å². The third-order valence-electron chi connectivity index (χ3n) is 3.77. The lowest BCUT2D eigenvalue weighted by Gasteiger charge is -2.17. The number of nitrogens with zero attached hydrogens (tertiary/aromatic N) is 1. The second kappa shape index (κ2) is 7.30. The molecular weight excluding hydrogens is 295 g/mol. The van der Waals surface area contributed by atoms with Crippen LogP contribution in [0.1, 0.15) is 18.4 Å². The van der Waals surface area contributed by atoms with Crippen molar-refractivity contribution in [2.24, 2.45) is 5.92 Å². The zero-order chi connectivity index (χ0) is 14.5. The van der Waals surface area contributed by atoms with E-state index in [-0.39, 0.29) is 5.91 Å². The van der Waals surface area contributed by atoms with Gasteiger partial charge in [-0.2, -0.15) is 0 Å². The monoisotopic (exact) mass is 314 g/mol. The number of nitrogens with one attached hydrogen (secondary N) is 1. The van der Waals surface area contributed by atoms with Gasteiger partial charge in [0.05, 0.1) is 10.0 Å². The van der Waals surface area contributed by atoms with Crippen molar-refractivity contribution in [3.63, 3.8) is 0 Å². The van der Waals surface area contributed by atoms with Crippen LogP contribution in [0.4, 0.5) is 0 Å². The summed E-state index contributed by atoms with van der Waals surface area (Å²) < 4.78 is 0. The van der Waals surface area contributed by atoms with Crippen molar-refractivity contribution >= 4 is 29.1 Å². The van der Waals surface area contributed by atoms with E-state index in [9.17, 15) is 4.79 Å². The van der Waals surface area contributed by atoms with Gasteiger partial charge in [0.2, 0.25) is 5.91 Å². The van der Waals surface area contributed by atoms with Crippen LogP contribution in [0.15, 0.2) is 18.2 Å². The molecule has 1 atom stereocenters. The summed E-state index contributed by atoms with van der Waals surface area (Å²) in [6.07, 6.45) is 2.22. The number of halogens is 2. The largest absolute Gasteiger partial charge is 0.342 e. The molecule has 1 aliphatic rings. The van der Waals surface area contributed by atoms with E-state index in [1.165, 1.54) is 0 Å². The first kappa shape index (κ1) is 15.6. The predicted molar refractivity (Wildman–Crippen MR) is 83.4 cm³/mol. The van der Waals surface area contributed by atoms with Gasteiger partial charge in [-0.15, -0.1) is 0 Å². The first-order valence-corrected chi connectivity index (χ1v) is 7.72. The van der Waals surface area contributed by atoms with Crippen molar-refractivity contribution in [2.75, 3.05) is 26.7 Å². The van der Waals surface area contributed by atoms with Crippen LogP contribution in [0.2, 0.25) is 10.0 Å². The van der Waals surface area contributed by atoms with Crippen molar-refractivity contribution in [3.8, 4) is 0 Å². The van der Waals surface area contributed by atoms with E-state index in [1.807, 2.05) is 24.1 Å². The van der Waals surface area contributed by atoms with Crippen molar-refractivity contribution in [1.29, 1.82) is 0 Å². The zero-order valence-corrected chi connectivity index (χ0v) is 13.2. The number of hydrogen-bond acceptors (Lipinski definition) is 2. The van der Waals surface area contributed by atoms with Crippen molar-refractivity contribution in [1.82, 2.24) is 10.2 Å². The molecule has 20 heavy (non-hydrogen) atoms. The van der Waals surface area contributed by atoms with Crippen molar-refractivity contribution in [2.45, 2.75) is 19.3 Å². The van der Waals surface area contributed by atoms with E-state index >= 15 is 0 Å². The fourth-order valence-electron chi connectivity index (χ4n) is 2.66. The molecule has 3 nitrogen and oxygen atoms in total. The topological polar surface area (TPSA) is 32.3 Å². The summed E-state index contributed by atoms with van der Waals surface area (Å²) in [5, 5.41) is 4.28. The Hall–Kier alpha value is -0.770. The minimum atomic E-state index is 0.208. The second-order valence-corrected chi connectivity index (χ2v) is 6.05. The van der Waals surface area contributed by atoms with Gasteiger partial charge in [-0.1, -0.05) is 35.3 Å². The molecule has 2 rings (SSSR count). The average molecular weight is 315 g/mol. The lowest BCUT2D eigenvalue weighted by molar-refractivity contribution is -0.130. The highest BCUT2D eigenvalue weighted by atomic mass is 35.5. The molecule has 0 aliphatic carbocycles. The van der Waals surface area contributed by atoms with Crippen LogP contribution >= 0.6 is 23.2 Å². The maximum Gasteiger partial charge on any atom is 0.222 e. The number of hydrogen-bond donors (Lipinski definition) is 1. The normalized spacial score (nSPS) is 18.6. The van der Waals surface area contributed by atoms with Crippen LogP contribution in [0.5, 0.6) is 0 Å². The van der Waals surface area contributed by atoms with E-state index in [4.69, 9.17) is 23.2 Å². The highest BCUT2D eigenvalue weighted by Crippen LogP contribution is 2.26. The van der Waals surface area contributed by atoms with E-state index < -0.39 is 0 Å². The lowest BCUT2D eigenvalue weighted by Crippen LogP contribution is -2.30. The Kier molecular flexibility index (Phi) is 5.70. The molecule has 5 heteroatoms. The molecule has 1 heterocycles. The minimum Gasteiger partial charge on any atom is -0.342 e. The Labute approximate surface area is 130 Å². The van der Waals surface area contributed by atoms with E-state index in [0.717, 1.165) is 31.6 Å². The molecule has 1 aliphatic heterocycles. The van der Waals surface area contributed by atoms with Crippen LogP contribution in [-0.4, -0.2) is 37.5 Å². The van der Waals surface area contributed by atoms with E-state index in [2.05, 4.69) is 5.32 Å². The molecule has 0 spiro atoms. The quantitative estimate of drug-likeness (QED) is 0.906. The van der Waals surface area contributed by atoms with Gasteiger partial charge in [0.25, 0.3) is 0 Å². The molecular formula is C15H20Cl2N2O. The number of likely N-dealkylation sites (tertiary alicyclic amines) is 1. The lowest BCUT2D eigenvalue weighted by atomic mass is 10.1. The summed E-state index contributed by atoms with van der Waals surface area (Å²) in [6.45, 7) is 2.71. The SMILES string of the molecule is CNC[C@@H]1CCN(C(=O)CCc2cccc(Cl)c2Cl)C1. The smallest absolute Gasteiger partial charge is 0.222 e. The maximum absolute atomic E-state index is 12.2. The maximum atomic E-state index is 12.2. The van der Waals surface area contributed by atoms with Crippen molar-refractivity contribution < 1.29 is 4.79 Å². The molecule has 1 aromatic carbocycles. The Morgan fingerprint density at radius 3 is 3.00 bits per heavy atom. The summed E-state index contributed by atoms with van der Waals surface area (Å²) in [4.78, 5) is 14.2. The van der Waals surface area contributed by atoms with Gasteiger partial charge in [-0.05, 0) is 44.0 Å². The van der Waals surface area contributed by atoms with Gasteiger partial charge in [0.15, 0.2) is 0 Å². The number of amides is 1. The molecule has 0 radical (unpaired) electrons. The van der Waals surface area contributed by atoms with Crippen LogP contribution in [0, 0.1) is 5.92 Å². The molecule has 0 unspecified atom stereocenters. The number of aryl methyl sites for hydroxylation is 1. The third-order valence-corrected chi connectivity index (χ3v) is 4.63. The average Bonchev–Trinajstić information content (AvgIpc) is 2.89. The number of benzene rings is 1. The number of carbonyl (C=O) groups is 1. The second-order valence-electron chi connectivity index (χ2n) is 5.27. The van der Waals surface area contributed by atoms with E-state index in [0.29, 0.717) is 28.8 Å². The number of rotatable bonds is 5. The highest BCUT2D eigenvalue weighted by molar-refractivity contribution is 6.42. The Morgan fingerprint density at radius 2 is 2.25 bits per heavy atom. The molecule has 0 saturated carbocycles. The molecule has 110 valence electrons.